The van der Waals surface area contributed by atoms with Crippen molar-refractivity contribution in [2.75, 3.05) is 18.5 Å². The second-order valence-electron chi connectivity index (χ2n) is 10.9. The van der Waals surface area contributed by atoms with Gasteiger partial charge in [-0.05, 0) is 55.5 Å². The molecule has 4 aromatic rings. The number of anilines is 1. The van der Waals surface area contributed by atoms with Gasteiger partial charge in [0.25, 0.3) is 0 Å². The number of hydrogen-bond donors (Lipinski definition) is 2. The fraction of sp³-hybridized carbons (Fsp3) is 0.364. The number of hydrogen-bond acceptors (Lipinski definition) is 7. The van der Waals surface area contributed by atoms with Gasteiger partial charge in [0, 0.05) is 66.3 Å². The molecule has 0 unspecified atom stereocenters. The number of aromatic nitrogens is 3. The molecule has 0 saturated carbocycles. The van der Waals surface area contributed by atoms with Crippen LogP contribution in [-0.2, 0) is 40.4 Å². The van der Waals surface area contributed by atoms with Crippen LogP contribution >= 0.6 is 11.6 Å². The Morgan fingerprint density at radius 3 is 2.66 bits per heavy atom. The SMILES string of the molecule is CCc1nc2c(cnn2CC)c(NC2CCOCC2)c1CN(Cc1ccc(Cl)c(-c2cccc(C=O)c2)c1)C(=O)CC(N)=O. The molecule has 5 rings (SSSR count). The molecule has 1 aliphatic rings. The van der Waals surface area contributed by atoms with Crippen molar-refractivity contribution >= 4 is 46.4 Å². The van der Waals surface area contributed by atoms with Crippen molar-refractivity contribution in [3.8, 4) is 11.1 Å². The first-order chi connectivity index (χ1) is 21.3. The van der Waals surface area contributed by atoms with E-state index in [-0.39, 0.29) is 25.0 Å². The summed E-state index contributed by atoms with van der Waals surface area (Å²) in [6, 6.07) is 12.9. The summed E-state index contributed by atoms with van der Waals surface area (Å²) in [6.07, 6.45) is 4.54. The maximum Gasteiger partial charge on any atom is 0.232 e. The molecule has 0 bridgehead atoms. The van der Waals surface area contributed by atoms with Gasteiger partial charge in [-0.1, -0.05) is 42.8 Å². The molecule has 1 fully saturated rings. The molecule has 3 N–H and O–H groups in total. The van der Waals surface area contributed by atoms with E-state index in [1.165, 1.54) is 0 Å². The van der Waals surface area contributed by atoms with Crippen LogP contribution in [0.2, 0.25) is 5.02 Å². The predicted molar refractivity (Wildman–Crippen MR) is 170 cm³/mol. The number of ether oxygens (including phenoxy) is 1. The molecule has 3 heterocycles. The molecule has 11 heteroatoms. The number of nitrogens with zero attached hydrogens (tertiary/aromatic N) is 4. The number of primary amides is 1. The van der Waals surface area contributed by atoms with Gasteiger partial charge in [0.05, 0.1) is 17.3 Å². The molecule has 2 aromatic carbocycles. The lowest BCUT2D eigenvalue weighted by Gasteiger charge is -2.29. The number of carbonyl (C=O) groups excluding carboxylic acids is 3. The zero-order valence-corrected chi connectivity index (χ0v) is 25.8. The summed E-state index contributed by atoms with van der Waals surface area (Å²) in [5.41, 5.74) is 11.8. The Labute approximate surface area is 261 Å². The van der Waals surface area contributed by atoms with Crippen LogP contribution in [-0.4, -0.2) is 57.0 Å². The second-order valence-corrected chi connectivity index (χ2v) is 11.4. The third-order valence-corrected chi connectivity index (χ3v) is 8.27. The summed E-state index contributed by atoms with van der Waals surface area (Å²) in [6.45, 7) is 6.50. The minimum atomic E-state index is -0.698. The van der Waals surface area contributed by atoms with Crippen LogP contribution < -0.4 is 11.1 Å². The van der Waals surface area contributed by atoms with E-state index in [2.05, 4.69) is 10.4 Å². The fourth-order valence-electron chi connectivity index (χ4n) is 5.66. The lowest BCUT2D eigenvalue weighted by Crippen LogP contribution is -2.34. The molecule has 0 aliphatic carbocycles. The van der Waals surface area contributed by atoms with Gasteiger partial charge in [-0.25, -0.2) is 9.67 Å². The Bertz CT molecular complexity index is 1680. The van der Waals surface area contributed by atoms with Crippen molar-refractivity contribution in [2.24, 2.45) is 5.73 Å². The topological polar surface area (TPSA) is 132 Å². The lowest BCUT2D eigenvalue weighted by molar-refractivity contribution is -0.136. The average Bonchev–Trinajstić information content (AvgIpc) is 3.45. The van der Waals surface area contributed by atoms with Crippen molar-refractivity contribution in [1.82, 2.24) is 19.7 Å². The number of aryl methyl sites for hydroxylation is 2. The van der Waals surface area contributed by atoms with Crippen molar-refractivity contribution < 1.29 is 19.1 Å². The zero-order valence-electron chi connectivity index (χ0n) is 25.0. The van der Waals surface area contributed by atoms with Crippen molar-refractivity contribution in [2.45, 2.75) is 65.2 Å². The van der Waals surface area contributed by atoms with E-state index in [1.807, 2.05) is 42.9 Å². The minimum absolute atomic E-state index is 0.193. The number of nitrogens with two attached hydrogens (primary N) is 1. The summed E-state index contributed by atoms with van der Waals surface area (Å²) in [7, 11) is 0. The van der Waals surface area contributed by atoms with Crippen molar-refractivity contribution in [1.29, 1.82) is 0 Å². The maximum atomic E-state index is 13.6. The average molecular weight is 617 g/mol. The van der Waals surface area contributed by atoms with E-state index < -0.39 is 12.3 Å². The molecule has 44 heavy (non-hydrogen) atoms. The summed E-state index contributed by atoms with van der Waals surface area (Å²) >= 11 is 6.58. The molecule has 230 valence electrons. The lowest BCUT2D eigenvalue weighted by atomic mass is 10.00. The number of benzene rings is 2. The monoisotopic (exact) mass is 616 g/mol. The van der Waals surface area contributed by atoms with Crippen LogP contribution in [0.25, 0.3) is 22.2 Å². The van der Waals surface area contributed by atoms with Crippen LogP contribution in [0.4, 0.5) is 5.69 Å². The highest BCUT2D eigenvalue weighted by Gasteiger charge is 2.25. The number of fused-ring (bicyclic) bond motifs is 1. The van der Waals surface area contributed by atoms with Crippen LogP contribution in [0.1, 0.15) is 60.3 Å². The van der Waals surface area contributed by atoms with Gasteiger partial charge in [-0.2, -0.15) is 5.10 Å². The normalized spacial score (nSPS) is 13.6. The first-order valence-corrected chi connectivity index (χ1v) is 15.3. The fourth-order valence-corrected chi connectivity index (χ4v) is 5.88. The maximum absolute atomic E-state index is 13.6. The molecule has 10 nitrogen and oxygen atoms in total. The first-order valence-electron chi connectivity index (χ1n) is 14.9. The van der Waals surface area contributed by atoms with Crippen molar-refractivity contribution in [3.05, 3.63) is 76.1 Å². The van der Waals surface area contributed by atoms with E-state index in [4.69, 9.17) is 27.1 Å². The minimum Gasteiger partial charge on any atom is -0.381 e. The quantitative estimate of drug-likeness (QED) is 0.166. The van der Waals surface area contributed by atoms with Gasteiger partial charge in [0.15, 0.2) is 5.65 Å². The second kappa shape index (κ2) is 14.0. The highest BCUT2D eigenvalue weighted by Crippen LogP contribution is 2.34. The van der Waals surface area contributed by atoms with Crippen LogP contribution in [0.15, 0.2) is 48.7 Å². The van der Waals surface area contributed by atoms with E-state index >= 15 is 0 Å². The molecule has 1 aliphatic heterocycles. The largest absolute Gasteiger partial charge is 0.381 e. The standard InChI is InChI=1S/C33H37ClN6O4/c1-3-29-27(32(37-24-10-12-44-13-11-24)26-17-36-40(4-2)33(26)38-29)19-39(31(43)16-30(35)42)18-21-8-9-28(34)25(15-21)23-7-5-6-22(14-23)20-41/h5-9,14-15,17,20,24H,3-4,10-13,16,18-19H2,1-2H3,(H2,35,42)(H,37,38). The Morgan fingerprint density at radius 1 is 1.16 bits per heavy atom. The molecule has 2 amide bonds. The molecule has 0 spiro atoms. The third-order valence-electron chi connectivity index (χ3n) is 7.94. The molecular formula is C33H37ClN6O4. The number of nitrogens with one attached hydrogen (secondary N) is 1. The van der Waals surface area contributed by atoms with Crippen LogP contribution in [0, 0.1) is 0 Å². The van der Waals surface area contributed by atoms with Crippen LogP contribution in [0.3, 0.4) is 0 Å². The molecule has 2 aromatic heterocycles. The molecule has 0 atom stereocenters. The number of amides is 2. The number of pyridine rings is 1. The van der Waals surface area contributed by atoms with E-state index in [1.54, 1.807) is 29.2 Å². The van der Waals surface area contributed by atoms with Gasteiger partial charge < -0.3 is 20.7 Å². The zero-order chi connectivity index (χ0) is 31.2. The number of carbonyl (C=O) groups is 3. The molecular weight excluding hydrogens is 580 g/mol. The van der Waals surface area contributed by atoms with Gasteiger partial charge in [0.2, 0.25) is 11.8 Å². The Morgan fingerprint density at radius 2 is 1.95 bits per heavy atom. The highest BCUT2D eigenvalue weighted by molar-refractivity contribution is 6.33. The van der Waals surface area contributed by atoms with Gasteiger partial charge in [0.1, 0.15) is 12.7 Å². The summed E-state index contributed by atoms with van der Waals surface area (Å²) < 4.78 is 7.47. The summed E-state index contributed by atoms with van der Waals surface area (Å²) in [4.78, 5) is 43.5. The van der Waals surface area contributed by atoms with Crippen molar-refractivity contribution in [3.63, 3.8) is 0 Å². The Kier molecular flexibility index (Phi) is 9.92. The number of rotatable bonds is 12. The highest BCUT2D eigenvalue weighted by atomic mass is 35.5. The Hall–Kier alpha value is -4.28. The predicted octanol–water partition coefficient (Wildman–Crippen LogP) is 5.14. The Balaban J connectivity index is 1.56. The first kappa shape index (κ1) is 31.2. The van der Waals surface area contributed by atoms with Gasteiger partial charge >= 0.3 is 0 Å². The smallest absolute Gasteiger partial charge is 0.232 e. The van der Waals surface area contributed by atoms with Gasteiger partial charge in [-0.3, -0.25) is 14.4 Å². The third kappa shape index (κ3) is 6.92. The molecule has 0 radical (unpaired) electrons. The number of aldehydes is 1. The molecule has 1 saturated heterocycles. The van der Waals surface area contributed by atoms with E-state index in [9.17, 15) is 14.4 Å². The van der Waals surface area contributed by atoms with E-state index in [0.717, 1.165) is 63.8 Å². The summed E-state index contributed by atoms with van der Waals surface area (Å²) in [5, 5.41) is 9.74. The number of halogens is 1. The van der Waals surface area contributed by atoms with Gasteiger partial charge in [-0.15, -0.1) is 0 Å². The summed E-state index contributed by atoms with van der Waals surface area (Å²) in [5.74, 6) is -1.09. The van der Waals surface area contributed by atoms with E-state index in [0.29, 0.717) is 36.8 Å². The van der Waals surface area contributed by atoms with Crippen LogP contribution in [0.5, 0.6) is 0 Å².